The molecule has 0 rings (SSSR count). The maximum atomic E-state index is 9.24. The normalized spacial score (nSPS) is 7.44. The van der Waals surface area contributed by atoms with Gasteiger partial charge in [0, 0.05) is 6.61 Å². The molecule has 0 spiro atoms. The maximum absolute atomic E-state index is 9.24. The summed E-state index contributed by atoms with van der Waals surface area (Å²) < 4.78 is 0. The molecule has 0 radical (unpaired) electrons. The van der Waals surface area contributed by atoms with Crippen LogP contribution in [0, 0.1) is 0 Å². The van der Waals surface area contributed by atoms with Crippen molar-refractivity contribution in [1.82, 2.24) is 0 Å². The molecule has 9 heavy (non-hydrogen) atoms. The Morgan fingerprint density at radius 1 is 1.67 bits per heavy atom. The number of rotatable bonds is 2. The van der Waals surface area contributed by atoms with Gasteiger partial charge in [-0.3, -0.25) is 4.79 Å². The first-order valence-electron chi connectivity index (χ1n) is 2.71. The predicted molar refractivity (Wildman–Crippen MR) is 34.1 cm³/mol. The summed E-state index contributed by atoms with van der Waals surface area (Å²) in [6, 6.07) is 0. The zero-order chi connectivity index (χ0) is 7.70. The highest BCUT2D eigenvalue weighted by atomic mass is 16.4. The Morgan fingerprint density at radius 3 is 1.89 bits per heavy atom. The van der Waals surface area contributed by atoms with Crippen molar-refractivity contribution < 1.29 is 15.0 Å². The number of hydrogen-bond acceptors (Lipinski definition) is 3. The number of aliphatic carboxylic acids is 1. The van der Waals surface area contributed by atoms with E-state index >= 15 is 0 Å². The van der Waals surface area contributed by atoms with E-state index in [2.05, 4.69) is 5.73 Å². The van der Waals surface area contributed by atoms with Crippen molar-refractivity contribution in [3.8, 4) is 0 Å². The van der Waals surface area contributed by atoms with Crippen LogP contribution >= 0.6 is 0 Å². The van der Waals surface area contributed by atoms with Gasteiger partial charge in [-0.05, 0) is 6.42 Å². The first-order chi connectivity index (χ1) is 4.18. The first-order valence-corrected chi connectivity index (χ1v) is 2.71. The van der Waals surface area contributed by atoms with Crippen LogP contribution in [-0.2, 0) is 4.79 Å². The van der Waals surface area contributed by atoms with Crippen molar-refractivity contribution in [2.75, 3.05) is 13.2 Å². The highest BCUT2D eigenvalue weighted by Gasteiger charge is 1.81. The summed E-state index contributed by atoms with van der Waals surface area (Å²) in [5.74, 6) is -0.968. The van der Waals surface area contributed by atoms with E-state index in [1.807, 2.05) is 6.92 Å². The van der Waals surface area contributed by atoms with Crippen LogP contribution in [-0.4, -0.2) is 29.3 Å². The molecule has 0 aromatic rings. The summed E-state index contributed by atoms with van der Waals surface area (Å²) in [5, 5.41) is 15.5. The summed E-state index contributed by atoms with van der Waals surface area (Å²) in [7, 11) is 0. The monoisotopic (exact) mass is 135 g/mol. The second kappa shape index (κ2) is 10.4. The summed E-state index contributed by atoms with van der Waals surface area (Å²) in [6.45, 7) is 1.97. The quantitative estimate of drug-likeness (QED) is 0.473. The fourth-order valence-electron chi connectivity index (χ4n) is 0. The first kappa shape index (κ1) is 11.2. The average molecular weight is 135 g/mol. The molecule has 0 aromatic carbocycles. The molecule has 0 aliphatic carbocycles. The molecule has 0 aromatic heterocycles. The van der Waals surface area contributed by atoms with Gasteiger partial charge in [0.2, 0.25) is 0 Å². The van der Waals surface area contributed by atoms with E-state index in [1.165, 1.54) is 0 Å². The number of nitrogens with two attached hydrogens (primary N) is 1. The van der Waals surface area contributed by atoms with Gasteiger partial charge in [-0.25, -0.2) is 0 Å². The smallest absolute Gasteiger partial charge is 0.317 e. The molecule has 0 aliphatic heterocycles. The molecule has 0 aliphatic rings. The van der Waals surface area contributed by atoms with Crippen LogP contribution in [0.3, 0.4) is 0 Å². The number of carbonyl (C=O) groups is 1. The van der Waals surface area contributed by atoms with E-state index in [9.17, 15) is 4.79 Å². The van der Waals surface area contributed by atoms with Gasteiger partial charge >= 0.3 is 5.97 Å². The lowest BCUT2D eigenvalue weighted by atomic mass is 10.5. The van der Waals surface area contributed by atoms with Crippen LogP contribution in [0.1, 0.15) is 13.3 Å². The van der Waals surface area contributed by atoms with Crippen molar-refractivity contribution in [2.24, 2.45) is 5.73 Å². The van der Waals surface area contributed by atoms with Crippen LogP contribution in [0.4, 0.5) is 0 Å². The molecule has 4 N–H and O–H groups in total. The molecule has 0 saturated carbocycles. The lowest BCUT2D eigenvalue weighted by Crippen LogP contribution is -2.10. The second-order valence-corrected chi connectivity index (χ2v) is 1.32. The summed E-state index contributed by atoms with van der Waals surface area (Å²) in [6.07, 6.45) is 0.875. The molecule has 0 bridgehead atoms. The van der Waals surface area contributed by atoms with E-state index in [0.29, 0.717) is 6.61 Å². The highest BCUT2D eigenvalue weighted by molar-refractivity contribution is 5.68. The minimum atomic E-state index is -0.968. The van der Waals surface area contributed by atoms with Gasteiger partial charge in [-0.2, -0.15) is 0 Å². The summed E-state index contributed by atoms with van der Waals surface area (Å²) >= 11 is 0. The summed E-state index contributed by atoms with van der Waals surface area (Å²) in [4.78, 5) is 9.24. The number of aliphatic hydroxyl groups excluding tert-OH is 1. The fraction of sp³-hybridized carbons (Fsp3) is 0.800. The Kier molecular flexibility index (Phi) is 13.0. The zero-order valence-corrected chi connectivity index (χ0v) is 5.50. The van der Waals surface area contributed by atoms with Crippen LogP contribution in [0.5, 0.6) is 0 Å². The lowest BCUT2D eigenvalue weighted by Gasteiger charge is -1.73. The topological polar surface area (TPSA) is 83.5 Å². The van der Waals surface area contributed by atoms with Gasteiger partial charge in [-0.15, -0.1) is 0 Å². The third kappa shape index (κ3) is 37.6. The van der Waals surface area contributed by atoms with Crippen LogP contribution in [0.2, 0.25) is 0 Å². The molecule has 4 heteroatoms. The Hall–Kier alpha value is -0.610. The molecular formula is C5H13NO3. The largest absolute Gasteiger partial charge is 0.480 e. The van der Waals surface area contributed by atoms with Gasteiger partial charge in [0.15, 0.2) is 0 Å². The molecule has 56 valence electrons. The van der Waals surface area contributed by atoms with E-state index in [-0.39, 0.29) is 6.54 Å². The van der Waals surface area contributed by atoms with Crippen molar-refractivity contribution >= 4 is 5.97 Å². The molecule has 0 atom stereocenters. The van der Waals surface area contributed by atoms with Crippen molar-refractivity contribution in [2.45, 2.75) is 13.3 Å². The number of carboxylic acid groups (broad SMARTS) is 1. The molecule has 0 fully saturated rings. The zero-order valence-electron chi connectivity index (χ0n) is 5.50. The maximum Gasteiger partial charge on any atom is 0.317 e. The SMILES string of the molecule is CCCO.NCC(=O)O. The van der Waals surface area contributed by atoms with E-state index < -0.39 is 5.97 Å². The molecule has 4 nitrogen and oxygen atoms in total. The van der Waals surface area contributed by atoms with Crippen molar-refractivity contribution in [1.29, 1.82) is 0 Å². The molecule has 0 saturated heterocycles. The van der Waals surface area contributed by atoms with E-state index in [0.717, 1.165) is 6.42 Å². The van der Waals surface area contributed by atoms with Crippen molar-refractivity contribution in [3.63, 3.8) is 0 Å². The van der Waals surface area contributed by atoms with Gasteiger partial charge in [0.05, 0.1) is 6.54 Å². The van der Waals surface area contributed by atoms with Gasteiger partial charge < -0.3 is 15.9 Å². The standard InChI is InChI=1S/C3H8O.C2H5NO2/c1-2-3-4;3-1-2(4)5/h4H,2-3H2,1H3;1,3H2,(H,4,5). The van der Waals surface area contributed by atoms with Gasteiger partial charge in [-0.1, -0.05) is 6.92 Å². The predicted octanol–water partition coefficient (Wildman–Crippen LogP) is -0.582. The molecule has 0 amide bonds. The Morgan fingerprint density at radius 2 is 1.89 bits per heavy atom. The second-order valence-electron chi connectivity index (χ2n) is 1.32. The minimum Gasteiger partial charge on any atom is -0.480 e. The molecular weight excluding hydrogens is 122 g/mol. The van der Waals surface area contributed by atoms with Crippen LogP contribution in [0.25, 0.3) is 0 Å². The molecule has 0 unspecified atom stereocenters. The average Bonchev–Trinajstić information content (AvgIpc) is 1.89. The van der Waals surface area contributed by atoms with Gasteiger partial charge in [0.1, 0.15) is 0 Å². The van der Waals surface area contributed by atoms with Crippen molar-refractivity contribution in [3.05, 3.63) is 0 Å². The number of hydrogen-bond donors (Lipinski definition) is 3. The van der Waals surface area contributed by atoms with E-state index in [4.69, 9.17) is 10.2 Å². The van der Waals surface area contributed by atoms with Gasteiger partial charge in [0.25, 0.3) is 0 Å². The Bertz CT molecular complexity index is 63.2. The minimum absolute atomic E-state index is 0.278. The fourth-order valence-corrected chi connectivity index (χ4v) is 0. The Labute approximate surface area is 54.3 Å². The number of carboxylic acids is 1. The lowest BCUT2D eigenvalue weighted by molar-refractivity contribution is -0.135. The third-order valence-electron chi connectivity index (χ3n) is 0.398. The third-order valence-corrected chi connectivity index (χ3v) is 0.398. The summed E-state index contributed by atoms with van der Waals surface area (Å²) in [5.41, 5.74) is 4.57. The molecule has 0 heterocycles. The highest BCUT2D eigenvalue weighted by Crippen LogP contribution is 1.61. The number of aliphatic hydroxyl groups is 1. The van der Waals surface area contributed by atoms with Crippen LogP contribution in [0.15, 0.2) is 0 Å². The van der Waals surface area contributed by atoms with E-state index in [1.54, 1.807) is 0 Å². The van der Waals surface area contributed by atoms with Crippen LogP contribution < -0.4 is 5.73 Å². The Balaban J connectivity index is 0.